The molecule has 0 radical (unpaired) electrons. The quantitative estimate of drug-likeness (QED) is 0.820. The van der Waals surface area contributed by atoms with Crippen LogP contribution in [0.4, 0.5) is 0 Å². The van der Waals surface area contributed by atoms with Crippen LogP contribution in [-0.4, -0.2) is 41.3 Å². The standard InChI is InChI=1S/C24H29N3O2/c1-2-26-23(29)24(11-5-13-27(17-24)22(28)19-9-10-19)15-18-6-3-7-20(14-18)21-8-4-12-25-16-21/h3-4,6-8,12,14,16,19H,2,5,9-11,13,15,17H2,1H3,(H,26,29). The van der Waals surface area contributed by atoms with Gasteiger partial charge in [0.25, 0.3) is 0 Å². The molecule has 0 bridgehead atoms. The number of carbonyl (C=O) groups excluding carboxylic acids is 2. The lowest BCUT2D eigenvalue weighted by Crippen LogP contribution is -2.54. The third-order valence-corrected chi connectivity index (χ3v) is 6.10. The highest BCUT2D eigenvalue weighted by molar-refractivity contribution is 5.86. The van der Waals surface area contributed by atoms with E-state index in [1.807, 2.05) is 36.2 Å². The van der Waals surface area contributed by atoms with Crippen molar-refractivity contribution in [2.75, 3.05) is 19.6 Å². The maximum absolute atomic E-state index is 13.2. The van der Waals surface area contributed by atoms with Crippen LogP contribution in [0.3, 0.4) is 0 Å². The fraction of sp³-hybridized carbons (Fsp3) is 0.458. The van der Waals surface area contributed by atoms with E-state index in [1.165, 1.54) is 0 Å². The predicted molar refractivity (Wildman–Crippen MR) is 113 cm³/mol. The summed E-state index contributed by atoms with van der Waals surface area (Å²) in [5.41, 5.74) is 2.73. The number of pyridine rings is 1. The number of aromatic nitrogens is 1. The largest absolute Gasteiger partial charge is 0.356 e. The van der Waals surface area contributed by atoms with Gasteiger partial charge in [0.05, 0.1) is 5.41 Å². The molecule has 2 fully saturated rings. The Labute approximate surface area is 172 Å². The van der Waals surface area contributed by atoms with Gasteiger partial charge in [-0.25, -0.2) is 0 Å². The highest BCUT2D eigenvalue weighted by Gasteiger charge is 2.45. The molecule has 1 saturated carbocycles. The molecule has 2 heterocycles. The van der Waals surface area contributed by atoms with Crippen molar-refractivity contribution in [2.24, 2.45) is 11.3 Å². The van der Waals surface area contributed by atoms with Crippen molar-refractivity contribution in [3.05, 3.63) is 54.4 Å². The smallest absolute Gasteiger partial charge is 0.228 e. The topological polar surface area (TPSA) is 62.3 Å². The van der Waals surface area contributed by atoms with Crippen LogP contribution in [0.15, 0.2) is 48.8 Å². The normalized spacial score (nSPS) is 21.6. The van der Waals surface area contributed by atoms with E-state index in [4.69, 9.17) is 0 Å². The third kappa shape index (κ3) is 4.34. The van der Waals surface area contributed by atoms with Gasteiger partial charge in [-0.1, -0.05) is 30.3 Å². The Morgan fingerprint density at radius 3 is 2.76 bits per heavy atom. The van der Waals surface area contributed by atoms with E-state index in [1.54, 1.807) is 6.20 Å². The molecule has 1 aliphatic carbocycles. The number of nitrogens with zero attached hydrogens (tertiary/aromatic N) is 2. The van der Waals surface area contributed by atoms with Gasteiger partial charge < -0.3 is 10.2 Å². The van der Waals surface area contributed by atoms with Gasteiger partial charge in [0.15, 0.2) is 0 Å². The summed E-state index contributed by atoms with van der Waals surface area (Å²) in [6, 6.07) is 12.3. The molecule has 1 aromatic heterocycles. The zero-order valence-electron chi connectivity index (χ0n) is 17.1. The van der Waals surface area contributed by atoms with Crippen LogP contribution >= 0.6 is 0 Å². The lowest BCUT2D eigenvalue weighted by Gasteiger charge is -2.42. The lowest BCUT2D eigenvalue weighted by molar-refractivity contribution is -0.142. The van der Waals surface area contributed by atoms with Gasteiger partial charge in [0.1, 0.15) is 0 Å². The van der Waals surface area contributed by atoms with Crippen LogP contribution in [0.2, 0.25) is 0 Å². The number of rotatable bonds is 6. The SMILES string of the molecule is CCNC(=O)C1(Cc2cccc(-c3cccnc3)c2)CCCN(C(=O)C2CC2)C1. The van der Waals surface area contributed by atoms with Crippen molar-refractivity contribution in [1.82, 2.24) is 15.2 Å². The van der Waals surface area contributed by atoms with Crippen LogP contribution in [0.25, 0.3) is 11.1 Å². The maximum atomic E-state index is 13.2. The lowest BCUT2D eigenvalue weighted by atomic mass is 9.74. The molecule has 0 spiro atoms. The highest BCUT2D eigenvalue weighted by atomic mass is 16.2. The number of amides is 2. The number of nitrogens with one attached hydrogen (secondary N) is 1. The zero-order chi connectivity index (χ0) is 20.3. The van der Waals surface area contributed by atoms with E-state index in [-0.39, 0.29) is 17.7 Å². The molecule has 1 atom stereocenters. The van der Waals surface area contributed by atoms with Crippen LogP contribution in [0.5, 0.6) is 0 Å². The van der Waals surface area contributed by atoms with Gasteiger partial charge in [0.2, 0.25) is 11.8 Å². The van der Waals surface area contributed by atoms with Crippen LogP contribution in [0, 0.1) is 11.3 Å². The second kappa shape index (κ2) is 8.36. The van der Waals surface area contributed by atoms with Crippen LogP contribution < -0.4 is 5.32 Å². The summed E-state index contributed by atoms with van der Waals surface area (Å²) in [6.45, 7) is 3.84. The first-order valence-corrected chi connectivity index (χ1v) is 10.7. The van der Waals surface area contributed by atoms with E-state index in [0.717, 1.165) is 48.9 Å². The second-order valence-electron chi connectivity index (χ2n) is 8.40. The molecule has 1 aromatic carbocycles. The number of carbonyl (C=O) groups is 2. The number of likely N-dealkylation sites (tertiary alicyclic amines) is 1. The first-order chi connectivity index (χ1) is 14.1. The molecule has 4 rings (SSSR count). The Bertz CT molecular complexity index is 879. The van der Waals surface area contributed by atoms with Gasteiger partial charge >= 0.3 is 0 Å². The summed E-state index contributed by atoms with van der Waals surface area (Å²) < 4.78 is 0. The first kappa shape index (κ1) is 19.6. The Kier molecular flexibility index (Phi) is 5.65. The minimum absolute atomic E-state index is 0.0695. The van der Waals surface area contributed by atoms with Crippen molar-refractivity contribution in [2.45, 2.75) is 39.0 Å². The number of hydrogen-bond acceptors (Lipinski definition) is 3. The third-order valence-electron chi connectivity index (χ3n) is 6.10. The molecular weight excluding hydrogens is 362 g/mol. The summed E-state index contributed by atoms with van der Waals surface area (Å²) >= 11 is 0. The summed E-state index contributed by atoms with van der Waals surface area (Å²) in [7, 11) is 0. The predicted octanol–water partition coefficient (Wildman–Crippen LogP) is 3.45. The molecule has 29 heavy (non-hydrogen) atoms. The number of piperidine rings is 1. The molecule has 5 nitrogen and oxygen atoms in total. The Morgan fingerprint density at radius 2 is 2.03 bits per heavy atom. The Morgan fingerprint density at radius 1 is 1.21 bits per heavy atom. The highest BCUT2D eigenvalue weighted by Crippen LogP contribution is 2.38. The molecule has 2 amide bonds. The molecule has 1 saturated heterocycles. The minimum atomic E-state index is -0.563. The van der Waals surface area contributed by atoms with Crippen molar-refractivity contribution < 1.29 is 9.59 Å². The van der Waals surface area contributed by atoms with Gasteiger partial charge in [0, 0.05) is 37.9 Å². The summed E-state index contributed by atoms with van der Waals surface area (Å²) in [5, 5.41) is 3.04. The molecule has 1 aliphatic heterocycles. The van der Waals surface area contributed by atoms with E-state index >= 15 is 0 Å². The van der Waals surface area contributed by atoms with E-state index < -0.39 is 5.41 Å². The maximum Gasteiger partial charge on any atom is 0.228 e. The van der Waals surface area contributed by atoms with E-state index in [9.17, 15) is 9.59 Å². The van der Waals surface area contributed by atoms with Gasteiger partial charge in [-0.05, 0) is 61.8 Å². The van der Waals surface area contributed by atoms with Crippen molar-refractivity contribution in [3.8, 4) is 11.1 Å². The van der Waals surface area contributed by atoms with Crippen molar-refractivity contribution in [1.29, 1.82) is 0 Å². The Balaban J connectivity index is 1.61. The minimum Gasteiger partial charge on any atom is -0.356 e. The summed E-state index contributed by atoms with van der Waals surface area (Å²) in [4.78, 5) is 32.0. The monoisotopic (exact) mass is 391 g/mol. The second-order valence-corrected chi connectivity index (χ2v) is 8.40. The molecule has 152 valence electrons. The van der Waals surface area contributed by atoms with Gasteiger partial charge in [-0.3, -0.25) is 14.6 Å². The summed E-state index contributed by atoms with van der Waals surface area (Å²) in [6.07, 6.45) is 7.94. The van der Waals surface area contributed by atoms with Crippen molar-refractivity contribution in [3.63, 3.8) is 0 Å². The fourth-order valence-electron chi connectivity index (χ4n) is 4.45. The summed E-state index contributed by atoms with van der Waals surface area (Å²) in [5.74, 6) is 0.497. The number of benzene rings is 1. The zero-order valence-corrected chi connectivity index (χ0v) is 17.1. The molecule has 1 unspecified atom stereocenters. The molecule has 5 heteroatoms. The Hall–Kier alpha value is -2.69. The number of hydrogen-bond donors (Lipinski definition) is 1. The van der Waals surface area contributed by atoms with Crippen LogP contribution in [-0.2, 0) is 16.0 Å². The average Bonchev–Trinajstić information content (AvgIpc) is 3.60. The first-order valence-electron chi connectivity index (χ1n) is 10.7. The van der Waals surface area contributed by atoms with E-state index in [0.29, 0.717) is 19.5 Å². The van der Waals surface area contributed by atoms with Crippen molar-refractivity contribution >= 4 is 11.8 Å². The van der Waals surface area contributed by atoms with Crippen LogP contribution in [0.1, 0.15) is 38.2 Å². The average molecular weight is 392 g/mol. The van der Waals surface area contributed by atoms with E-state index in [2.05, 4.69) is 28.5 Å². The molecule has 1 N–H and O–H groups in total. The fourth-order valence-corrected chi connectivity index (χ4v) is 4.45. The van der Waals surface area contributed by atoms with Gasteiger partial charge in [-0.15, -0.1) is 0 Å². The van der Waals surface area contributed by atoms with Gasteiger partial charge in [-0.2, -0.15) is 0 Å². The molecule has 2 aromatic rings. The molecular formula is C24H29N3O2. The molecule has 2 aliphatic rings.